The molecule has 0 aliphatic rings. The van der Waals surface area contributed by atoms with E-state index in [9.17, 15) is 0 Å². The molecule has 0 fully saturated rings. The van der Waals surface area contributed by atoms with Gasteiger partial charge < -0.3 is 5.43 Å². The Morgan fingerprint density at radius 1 is 0.850 bits per heavy atom. The maximum absolute atomic E-state index is 4.58. The van der Waals surface area contributed by atoms with Crippen LogP contribution in [0.4, 0.5) is 0 Å². The number of nitrogens with one attached hydrogen (secondary N) is 1. The number of hydrogen-bond donors (Lipinski definition) is 1. The summed E-state index contributed by atoms with van der Waals surface area (Å²) in [6, 6.07) is 0. The fraction of sp³-hybridized carbons (Fsp3) is 0.944. The molecule has 0 aliphatic carbocycles. The molecule has 0 rings (SSSR count). The van der Waals surface area contributed by atoms with E-state index in [1.807, 2.05) is 0 Å². The molecule has 0 atom stereocenters. The van der Waals surface area contributed by atoms with Crippen molar-refractivity contribution in [2.45, 2.75) is 111 Å². The van der Waals surface area contributed by atoms with Gasteiger partial charge in [-0.2, -0.15) is 5.10 Å². The van der Waals surface area contributed by atoms with E-state index in [1.165, 1.54) is 69.9 Å². The lowest BCUT2D eigenvalue weighted by Crippen LogP contribution is -2.36. The van der Waals surface area contributed by atoms with E-state index in [4.69, 9.17) is 0 Å². The van der Waals surface area contributed by atoms with Crippen molar-refractivity contribution < 1.29 is 0 Å². The highest BCUT2D eigenvalue weighted by Gasteiger charge is 2.15. The van der Waals surface area contributed by atoms with Crippen molar-refractivity contribution in [2.24, 2.45) is 5.10 Å². The highest BCUT2D eigenvalue weighted by Crippen LogP contribution is 2.15. The second-order valence-electron chi connectivity index (χ2n) is 6.82. The molecule has 120 valence electrons. The number of hydrogen-bond acceptors (Lipinski definition) is 2. The topological polar surface area (TPSA) is 24.4 Å². The van der Waals surface area contributed by atoms with Crippen LogP contribution in [0.3, 0.4) is 0 Å². The SMILES string of the molecule is CCCCCCCC(C)=NNC(C)(C)CCCCCC. The Morgan fingerprint density at radius 2 is 1.40 bits per heavy atom. The zero-order chi connectivity index (χ0) is 15.3. The first-order chi connectivity index (χ1) is 9.52. The second-order valence-corrected chi connectivity index (χ2v) is 6.82. The molecule has 0 aromatic rings. The highest BCUT2D eigenvalue weighted by atomic mass is 15.3. The van der Waals surface area contributed by atoms with Crippen LogP contribution >= 0.6 is 0 Å². The Bertz CT molecular complexity index is 244. The van der Waals surface area contributed by atoms with Gasteiger partial charge in [-0.15, -0.1) is 0 Å². The summed E-state index contributed by atoms with van der Waals surface area (Å²) in [7, 11) is 0. The van der Waals surface area contributed by atoms with Crippen molar-refractivity contribution in [3.05, 3.63) is 0 Å². The van der Waals surface area contributed by atoms with E-state index in [0.29, 0.717) is 0 Å². The molecule has 0 bridgehead atoms. The maximum atomic E-state index is 4.58. The van der Waals surface area contributed by atoms with Crippen molar-refractivity contribution in [1.29, 1.82) is 0 Å². The Labute approximate surface area is 127 Å². The molecule has 0 heterocycles. The molecule has 2 nitrogen and oxygen atoms in total. The van der Waals surface area contributed by atoms with E-state index >= 15 is 0 Å². The molecule has 20 heavy (non-hydrogen) atoms. The van der Waals surface area contributed by atoms with E-state index in [0.717, 1.165) is 6.42 Å². The third kappa shape index (κ3) is 12.5. The van der Waals surface area contributed by atoms with Crippen LogP contribution in [0.5, 0.6) is 0 Å². The van der Waals surface area contributed by atoms with Crippen LogP contribution < -0.4 is 5.43 Å². The molecule has 0 amide bonds. The lowest BCUT2D eigenvalue weighted by atomic mass is 9.97. The molecule has 0 saturated heterocycles. The molecule has 0 saturated carbocycles. The first kappa shape index (κ1) is 19.5. The predicted octanol–water partition coefficient (Wildman–Crippen LogP) is 6.06. The Hall–Kier alpha value is -0.530. The van der Waals surface area contributed by atoms with Gasteiger partial charge in [0.1, 0.15) is 0 Å². The van der Waals surface area contributed by atoms with Crippen LogP contribution in [0.1, 0.15) is 105 Å². The summed E-state index contributed by atoms with van der Waals surface area (Å²) < 4.78 is 0. The number of hydrazone groups is 1. The number of unbranched alkanes of at least 4 members (excludes halogenated alkanes) is 7. The Balaban J connectivity index is 3.75. The van der Waals surface area contributed by atoms with Crippen molar-refractivity contribution in [3.63, 3.8) is 0 Å². The molecule has 0 unspecified atom stereocenters. The van der Waals surface area contributed by atoms with Crippen molar-refractivity contribution >= 4 is 5.71 Å². The van der Waals surface area contributed by atoms with Crippen molar-refractivity contribution in [1.82, 2.24) is 5.43 Å². The smallest absolute Gasteiger partial charge is 0.0492 e. The second kappa shape index (κ2) is 12.2. The molecular weight excluding hydrogens is 244 g/mol. The van der Waals surface area contributed by atoms with Crippen LogP contribution in [0.2, 0.25) is 0 Å². The monoisotopic (exact) mass is 282 g/mol. The van der Waals surface area contributed by atoms with Crippen LogP contribution in [-0.2, 0) is 0 Å². The minimum atomic E-state index is 0.136. The highest BCUT2D eigenvalue weighted by molar-refractivity contribution is 5.81. The summed E-state index contributed by atoms with van der Waals surface area (Å²) in [6.07, 6.45) is 14.4. The minimum absolute atomic E-state index is 0.136. The molecule has 0 aromatic carbocycles. The maximum Gasteiger partial charge on any atom is 0.0492 e. The summed E-state index contributed by atoms with van der Waals surface area (Å²) in [5.41, 5.74) is 4.76. The third-order valence-electron chi connectivity index (χ3n) is 3.85. The fourth-order valence-electron chi connectivity index (χ4n) is 2.34. The van der Waals surface area contributed by atoms with Gasteiger partial charge in [-0.1, -0.05) is 65.2 Å². The average Bonchev–Trinajstić information content (AvgIpc) is 2.41. The van der Waals surface area contributed by atoms with E-state index in [2.05, 4.69) is 45.1 Å². The van der Waals surface area contributed by atoms with Gasteiger partial charge in [0.05, 0.1) is 0 Å². The van der Waals surface area contributed by atoms with Gasteiger partial charge in [0, 0.05) is 11.3 Å². The molecule has 0 aromatic heterocycles. The van der Waals surface area contributed by atoms with Gasteiger partial charge in [-0.25, -0.2) is 0 Å². The van der Waals surface area contributed by atoms with Crippen LogP contribution in [0.15, 0.2) is 5.10 Å². The van der Waals surface area contributed by atoms with Gasteiger partial charge in [0.25, 0.3) is 0 Å². The van der Waals surface area contributed by atoms with E-state index in [-0.39, 0.29) is 5.54 Å². The van der Waals surface area contributed by atoms with Crippen LogP contribution in [0, 0.1) is 0 Å². The van der Waals surface area contributed by atoms with Gasteiger partial charge in [0.15, 0.2) is 0 Å². The van der Waals surface area contributed by atoms with Crippen molar-refractivity contribution in [3.8, 4) is 0 Å². The summed E-state index contributed by atoms with van der Waals surface area (Å²) in [5, 5.41) is 4.58. The molecule has 0 aliphatic heterocycles. The lowest BCUT2D eigenvalue weighted by molar-refractivity contribution is 0.355. The standard InChI is InChI=1S/C18H38N2/c1-6-8-10-12-13-15-17(3)19-20-18(4,5)16-14-11-9-7-2/h20H,6-16H2,1-5H3. The summed E-state index contributed by atoms with van der Waals surface area (Å²) >= 11 is 0. The predicted molar refractivity (Wildman–Crippen MR) is 92.5 cm³/mol. The summed E-state index contributed by atoms with van der Waals surface area (Å²) in [5.74, 6) is 0. The molecule has 0 radical (unpaired) electrons. The van der Waals surface area contributed by atoms with Crippen molar-refractivity contribution in [2.75, 3.05) is 0 Å². The quantitative estimate of drug-likeness (QED) is 0.248. The third-order valence-corrected chi connectivity index (χ3v) is 3.85. The van der Waals surface area contributed by atoms with Gasteiger partial charge in [0.2, 0.25) is 0 Å². The average molecular weight is 283 g/mol. The van der Waals surface area contributed by atoms with Gasteiger partial charge in [-0.3, -0.25) is 0 Å². The zero-order valence-corrected chi connectivity index (χ0v) is 14.7. The molecular formula is C18H38N2. The fourth-order valence-corrected chi connectivity index (χ4v) is 2.34. The molecule has 2 heteroatoms. The number of rotatable bonds is 13. The lowest BCUT2D eigenvalue weighted by Gasteiger charge is -2.24. The molecule has 1 N–H and O–H groups in total. The zero-order valence-electron chi connectivity index (χ0n) is 14.7. The summed E-state index contributed by atoms with van der Waals surface area (Å²) in [4.78, 5) is 0. The minimum Gasteiger partial charge on any atom is -0.305 e. The molecule has 0 spiro atoms. The first-order valence-electron chi connectivity index (χ1n) is 8.82. The Kier molecular flexibility index (Phi) is 11.9. The van der Waals surface area contributed by atoms with Gasteiger partial charge >= 0.3 is 0 Å². The van der Waals surface area contributed by atoms with Crippen LogP contribution in [0.25, 0.3) is 0 Å². The normalized spacial score (nSPS) is 12.8. The first-order valence-corrected chi connectivity index (χ1v) is 8.82. The van der Waals surface area contributed by atoms with Gasteiger partial charge in [-0.05, 0) is 40.0 Å². The Morgan fingerprint density at radius 3 is 2.00 bits per heavy atom. The van der Waals surface area contributed by atoms with Crippen LogP contribution in [-0.4, -0.2) is 11.3 Å². The summed E-state index contributed by atoms with van der Waals surface area (Å²) in [6.45, 7) is 11.2. The van der Waals surface area contributed by atoms with E-state index in [1.54, 1.807) is 0 Å². The number of nitrogens with zero attached hydrogens (tertiary/aromatic N) is 1. The van der Waals surface area contributed by atoms with E-state index < -0.39 is 0 Å². The largest absolute Gasteiger partial charge is 0.305 e.